The molecule has 0 spiro atoms. The number of thiazole rings is 2. The second-order valence-corrected chi connectivity index (χ2v) is 6.92. The number of nitrogen functional groups attached to an aromatic ring is 1. The van der Waals surface area contributed by atoms with E-state index in [0.717, 1.165) is 29.1 Å². The lowest BCUT2D eigenvalue weighted by atomic mass is 10.1. The molecule has 0 unspecified atom stereocenters. The van der Waals surface area contributed by atoms with Gasteiger partial charge in [-0.2, -0.15) is 13.2 Å². The summed E-state index contributed by atoms with van der Waals surface area (Å²) in [5.74, 6) is -0.535. The van der Waals surface area contributed by atoms with Crippen LogP contribution in [0.15, 0.2) is 29.6 Å². The highest BCUT2D eigenvalue weighted by Crippen LogP contribution is 2.34. The number of halogens is 3. The SMILES string of the molecule is Cc1nc(NC(=O)c2ccc(C(F)(F)F)cc2)sc1-c1csc(N)n1. The number of hydrogen-bond donors (Lipinski definition) is 2. The van der Waals surface area contributed by atoms with Crippen LogP contribution in [0.4, 0.5) is 23.4 Å². The topological polar surface area (TPSA) is 80.9 Å². The van der Waals surface area contributed by atoms with Gasteiger partial charge in [0.05, 0.1) is 21.8 Å². The van der Waals surface area contributed by atoms with Crippen LogP contribution in [0.5, 0.6) is 0 Å². The molecular formula is C15H11F3N4OS2. The Hall–Kier alpha value is -2.46. The van der Waals surface area contributed by atoms with Crippen LogP contribution >= 0.6 is 22.7 Å². The zero-order chi connectivity index (χ0) is 18.2. The Labute approximate surface area is 148 Å². The number of carbonyl (C=O) groups is 1. The summed E-state index contributed by atoms with van der Waals surface area (Å²) in [5.41, 5.74) is 6.27. The first-order valence-electron chi connectivity index (χ1n) is 6.91. The molecule has 1 amide bonds. The van der Waals surface area contributed by atoms with Crippen molar-refractivity contribution in [3.63, 3.8) is 0 Å². The van der Waals surface area contributed by atoms with Gasteiger partial charge in [-0.05, 0) is 31.2 Å². The molecule has 1 aromatic carbocycles. The van der Waals surface area contributed by atoms with Crippen LogP contribution in [0.2, 0.25) is 0 Å². The Kier molecular flexibility index (Phi) is 4.48. The number of aromatic nitrogens is 2. The number of rotatable bonds is 3. The van der Waals surface area contributed by atoms with Crippen molar-refractivity contribution in [3.8, 4) is 10.6 Å². The number of hydrogen-bond acceptors (Lipinski definition) is 6. The smallest absolute Gasteiger partial charge is 0.375 e. The summed E-state index contributed by atoms with van der Waals surface area (Å²) in [6, 6.07) is 3.98. The molecule has 2 heterocycles. The fraction of sp³-hybridized carbons (Fsp3) is 0.133. The van der Waals surface area contributed by atoms with Crippen molar-refractivity contribution >= 4 is 38.8 Å². The zero-order valence-corrected chi connectivity index (χ0v) is 14.4. The summed E-state index contributed by atoms with van der Waals surface area (Å²) < 4.78 is 37.7. The minimum absolute atomic E-state index is 0.111. The third-order valence-corrected chi connectivity index (χ3v) is 5.02. The Morgan fingerprint density at radius 3 is 2.44 bits per heavy atom. The molecular weight excluding hydrogens is 373 g/mol. The van der Waals surface area contributed by atoms with Gasteiger partial charge in [0.25, 0.3) is 5.91 Å². The Morgan fingerprint density at radius 1 is 1.20 bits per heavy atom. The van der Waals surface area contributed by atoms with Gasteiger partial charge in [-0.3, -0.25) is 10.1 Å². The van der Waals surface area contributed by atoms with E-state index >= 15 is 0 Å². The van der Waals surface area contributed by atoms with Gasteiger partial charge in [0.1, 0.15) is 0 Å². The van der Waals surface area contributed by atoms with Crippen molar-refractivity contribution in [2.24, 2.45) is 0 Å². The summed E-state index contributed by atoms with van der Waals surface area (Å²) in [7, 11) is 0. The van der Waals surface area contributed by atoms with Gasteiger partial charge in [0, 0.05) is 10.9 Å². The maximum atomic E-state index is 12.6. The number of benzene rings is 1. The molecule has 3 aromatic rings. The van der Waals surface area contributed by atoms with E-state index in [4.69, 9.17) is 5.73 Å². The van der Waals surface area contributed by atoms with Crippen LogP contribution in [0.25, 0.3) is 10.6 Å². The molecule has 0 atom stereocenters. The first kappa shape index (κ1) is 17.4. The number of nitrogens with one attached hydrogen (secondary N) is 1. The third kappa shape index (κ3) is 3.80. The number of aryl methyl sites for hydroxylation is 1. The molecule has 0 aliphatic heterocycles. The van der Waals surface area contributed by atoms with Crippen LogP contribution in [0, 0.1) is 6.92 Å². The Bertz CT molecular complexity index is 916. The minimum Gasteiger partial charge on any atom is -0.375 e. The van der Waals surface area contributed by atoms with E-state index in [0.29, 0.717) is 21.7 Å². The van der Waals surface area contributed by atoms with Crippen molar-refractivity contribution in [3.05, 3.63) is 46.5 Å². The summed E-state index contributed by atoms with van der Waals surface area (Å²) in [5, 5.41) is 5.14. The van der Waals surface area contributed by atoms with E-state index in [2.05, 4.69) is 15.3 Å². The van der Waals surface area contributed by atoms with Gasteiger partial charge in [-0.25, -0.2) is 9.97 Å². The van der Waals surface area contributed by atoms with Gasteiger partial charge >= 0.3 is 6.18 Å². The van der Waals surface area contributed by atoms with Crippen LogP contribution < -0.4 is 11.1 Å². The van der Waals surface area contributed by atoms with Crippen molar-refractivity contribution in [1.82, 2.24) is 9.97 Å². The van der Waals surface area contributed by atoms with Gasteiger partial charge in [-0.15, -0.1) is 11.3 Å². The highest BCUT2D eigenvalue weighted by molar-refractivity contribution is 7.19. The molecule has 0 aliphatic rings. The lowest BCUT2D eigenvalue weighted by Gasteiger charge is -2.07. The fourth-order valence-electron chi connectivity index (χ4n) is 2.06. The monoisotopic (exact) mass is 384 g/mol. The Balaban J connectivity index is 1.77. The molecule has 0 saturated carbocycles. The molecule has 5 nitrogen and oxygen atoms in total. The largest absolute Gasteiger partial charge is 0.416 e. The van der Waals surface area contributed by atoms with Crippen LogP contribution in [-0.2, 0) is 6.18 Å². The van der Waals surface area contributed by atoms with E-state index in [1.165, 1.54) is 22.7 Å². The number of alkyl halides is 3. The van der Waals surface area contributed by atoms with Crippen molar-refractivity contribution in [2.45, 2.75) is 13.1 Å². The minimum atomic E-state index is -4.44. The van der Waals surface area contributed by atoms with E-state index in [-0.39, 0.29) is 5.56 Å². The first-order chi connectivity index (χ1) is 11.7. The molecule has 3 N–H and O–H groups in total. The molecule has 0 fully saturated rings. The highest BCUT2D eigenvalue weighted by Gasteiger charge is 2.30. The van der Waals surface area contributed by atoms with Crippen LogP contribution in [0.1, 0.15) is 21.6 Å². The van der Waals surface area contributed by atoms with E-state index in [1.54, 1.807) is 12.3 Å². The van der Waals surface area contributed by atoms with Crippen molar-refractivity contribution in [1.29, 1.82) is 0 Å². The maximum Gasteiger partial charge on any atom is 0.416 e. The lowest BCUT2D eigenvalue weighted by Crippen LogP contribution is -2.12. The molecule has 25 heavy (non-hydrogen) atoms. The molecule has 2 aromatic heterocycles. The van der Waals surface area contributed by atoms with Gasteiger partial charge in [-0.1, -0.05) is 11.3 Å². The molecule has 0 saturated heterocycles. The number of carbonyl (C=O) groups excluding carboxylic acids is 1. The average Bonchev–Trinajstić information content (AvgIpc) is 3.12. The molecule has 10 heteroatoms. The van der Waals surface area contributed by atoms with Crippen LogP contribution in [0.3, 0.4) is 0 Å². The average molecular weight is 384 g/mol. The standard InChI is InChI=1S/C15H11F3N4OS2/c1-7-11(10-6-24-13(19)21-10)25-14(20-7)22-12(23)8-2-4-9(5-3-8)15(16,17)18/h2-6H,1H3,(H2,19,21)(H,20,22,23). The molecule has 130 valence electrons. The maximum absolute atomic E-state index is 12.6. The number of nitrogens with zero attached hydrogens (tertiary/aromatic N) is 2. The highest BCUT2D eigenvalue weighted by atomic mass is 32.1. The molecule has 3 rings (SSSR count). The summed E-state index contributed by atoms with van der Waals surface area (Å²) in [4.78, 5) is 21.4. The van der Waals surface area contributed by atoms with Crippen LogP contribution in [-0.4, -0.2) is 15.9 Å². The molecule has 0 radical (unpaired) electrons. The quantitative estimate of drug-likeness (QED) is 0.700. The van der Waals surface area contributed by atoms with E-state index in [9.17, 15) is 18.0 Å². The fourth-order valence-corrected chi connectivity index (χ4v) is 3.61. The van der Waals surface area contributed by atoms with Crippen molar-refractivity contribution < 1.29 is 18.0 Å². The number of amides is 1. The lowest BCUT2D eigenvalue weighted by molar-refractivity contribution is -0.137. The van der Waals surface area contributed by atoms with Crippen molar-refractivity contribution in [2.75, 3.05) is 11.1 Å². The number of anilines is 2. The van der Waals surface area contributed by atoms with E-state index < -0.39 is 17.6 Å². The number of nitrogens with two attached hydrogens (primary N) is 1. The van der Waals surface area contributed by atoms with Gasteiger partial charge in [0.15, 0.2) is 10.3 Å². The third-order valence-electron chi connectivity index (χ3n) is 3.25. The second kappa shape index (κ2) is 6.45. The summed E-state index contributed by atoms with van der Waals surface area (Å²) in [6.07, 6.45) is -4.44. The second-order valence-electron chi connectivity index (χ2n) is 5.03. The predicted molar refractivity (Wildman–Crippen MR) is 91.8 cm³/mol. The van der Waals surface area contributed by atoms with E-state index in [1.807, 2.05) is 0 Å². The first-order valence-corrected chi connectivity index (χ1v) is 8.61. The predicted octanol–water partition coefficient (Wildman–Crippen LogP) is 4.43. The van der Waals surface area contributed by atoms with Gasteiger partial charge < -0.3 is 5.73 Å². The molecule has 0 aliphatic carbocycles. The zero-order valence-electron chi connectivity index (χ0n) is 12.7. The Morgan fingerprint density at radius 2 is 1.88 bits per heavy atom. The normalized spacial score (nSPS) is 11.5. The summed E-state index contributed by atoms with van der Waals surface area (Å²) >= 11 is 2.52. The molecule has 0 bridgehead atoms. The summed E-state index contributed by atoms with van der Waals surface area (Å²) in [6.45, 7) is 1.77. The van der Waals surface area contributed by atoms with Gasteiger partial charge in [0.2, 0.25) is 0 Å².